The summed E-state index contributed by atoms with van der Waals surface area (Å²) in [5, 5.41) is 14.8. The summed E-state index contributed by atoms with van der Waals surface area (Å²) in [6, 6.07) is 0. The molecule has 2 rings (SSSR count). The Kier molecular flexibility index (Phi) is 3.96. The van der Waals surface area contributed by atoms with E-state index in [1.807, 2.05) is 5.38 Å². The van der Waals surface area contributed by atoms with Crippen LogP contribution in [0.4, 0.5) is 0 Å². The molecule has 0 aromatic carbocycles. The van der Waals surface area contributed by atoms with E-state index >= 15 is 0 Å². The van der Waals surface area contributed by atoms with Crippen LogP contribution in [-0.2, 0) is 16.0 Å². The van der Waals surface area contributed by atoms with Crippen molar-refractivity contribution >= 4 is 23.2 Å². The number of aromatic nitrogens is 1. The Balaban J connectivity index is 1.73. The van der Waals surface area contributed by atoms with Crippen molar-refractivity contribution < 1.29 is 14.7 Å². The number of thiazole rings is 1. The molecule has 1 heterocycles. The lowest BCUT2D eigenvalue weighted by Crippen LogP contribution is -2.42. The molecule has 0 radical (unpaired) electrons. The van der Waals surface area contributed by atoms with Crippen LogP contribution in [0.15, 0.2) is 11.6 Å². The fourth-order valence-corrected chi connectivity index (χ4v) is 2.75. The van der Waals surface area contributed by atoms with Crippen molar-refractivity contribution in [1.82, 2.24) is 10.3 Å². The summed E-state index contributed by atoms with van der Waals surface area (Å²) in [6.45, 7) is 0.516. The maximum atomic E-state index is 11.7. The summed E-state index contributed by atoms with van der Waals surface area (Å²) in [4.78, 5) is 26.9. The van der Waals surface area contributed by atoms with Gasteiger partial charge in [-0.15, -0.1) is 11.3 Å². The predicted molar refractivity (Wildman–Crippen MR) is 67.4 cm³/mol. The zero-order valence-electron chi connectivity index (χ0n) is 10.0. The zero-order chi connectivity index (χ0) is 13.0. The molecule has 98 valence electrons. The summed E-state index contributed by atoms with van der Waals surface area (Å²) in [5.74, 6) is -1.02. The number of carbonyl (C=O) groups excluding carboxylic acids is 1. The number of amides is 1. The summed E-state index contributed by atoms with van der Waals surface area (Å²) >= 11 is 1.55. The Morgan fingerprint density at radius 2 is 2.28 bits per heavy atom. The molecule has 1 aromatic heterocycles. The van der Waals surface area contributed by atoms with E-state index in [1.54, 1.807) is 17.5 Å². The number of nitrogens with zero attached hydrogens (tertiary/aromatic N) is 1. The largest absolute Gasteiger partial charge is 0.481 e. The van der Waals surface area contributed by atoms with Gasteiger partial charge in [0, 0.05) is 31.0 Å². The highest BCUT2D eigenvalue weighted by Gasteiger charge is 2.45. The van der Waals surface area contributed by atoms with Gasteiger partial charge >= 0.3 is 5.97 Å². The molecule has 1 saturated carbocycles. The van der Waals surface area contributed by atoms with Crippen molar-refractivity contribution in [3.8, 4) is 0 Å². The summed E-state index contributed by atoms with van der Waals surface area (Å²) < 4.78 is 0. The van der Waals surface area contributed by atoms with Crippen molar-refractivity contribution in [2.24, 2.45) is 5.41 Å². The molecule has 1 aliphatic rings. The van der Waals surface area contributed by atoms with E-state index in [0.717, 1.165) is 11.4 Å². The minimum atomic E-state index is -0.844. The van der Waals surface area contributed by atoms with E-state index in [2.05, 4.69) is 10.3 Å². The zero-order valence-corrected chi connectivity index (χ0v) is 10.8. The second kappa shape index (κ2) is 5.48. The van der Waals surface area contributed by atoms with Gasteiger partial charge in [-0.2, -0.15) is 0 Å². The summed E-state index contributed by atoms with van der Waals surface area (Å²) in [6.07, 6.45) is 4.66. The predicted octanol–water partition coefficient (Wildman–Crippen LogP) is 1.45. The van der Waals surface area contributed by atoms with E-state index in [4.69, 9.17) is 5.11 Å². The first kappa shape index (κ1) is 13.0. The first-order valence-electron chi connectivity index (χ1n) is 6.01. The van der Waals surface area contributed by atoms with E-state index in [9.17, 15) is 9.59 Å². The van der Waals surface area contributed by atoms with Crippen LogP contribution in [-0.4, -0.2) is 28.5 Å². The standard InChI is InChI=1S/C12H16N2O3S/c15-9(8-12(11(16)17)3-1-4-12)13-5-2-10-14-6-7-18-10/h6-7H,1-5,8H2,(H,13,15)(H,16,17). The van der Waals surface area contributed by atoms with Gasteiger partial charge in [-0.05, 0) is 12.8 Å². The first-order valence-corrected chi connectivity index (χ1v) is 6.89. The fourth-order valence-electron chi connectivity index (χ4n) is 2.12. The van der Waals surface area contributed by atoms with Crippen LogP contribution in [0.25, 0.3) is 0 Å². The molecule has 6 heteroatoms. The molecule has 0 bridgehead atoms. The molecule has 18 heavy (non-hydrogen) atoms. The number of nitrogens with one attached hydrogen (secondary N) is 1. The molecule has 0 saturated heterocycles. The van der Waals surface area contributed by atoms with Crippen molar-refractivity contribution in [2.45, 2.75) is 32.1 Å². The lowest BCUT2D eigenvalue weighted by Gasteiger charge is -2.36. The number of hydrogen-bond donors (Lipinski definition) is 2. The highest BCUT2D eigenvalue weighted by molar-refractivity contribution is 7.09. The average Bonchev–Trinajstić information content (AvgIpc) is 2.76. The Labute approximate surface area is 109 Å². The second-order valence-corrected chi connectivity index (χ2v) is 5.62. The third kappa shape index (κ3) is 2.87. The Bertz CT molecular complexity index is 427. The SMILES string of the molecule is O=C(CC1(C(=O)O)CCC1)NCCc1nccs1. The van der Waals surface area contributed by atoms with Crippen molar-refractivity contribution in [3.63, 3.8) is 0 Å². The minimum Gasteiger partial charge on any atom is -0.481 e. The number of rotatable bonds is 6. The van der Waals surface area contributed by atoms with E-state index in [-0.39, 0.29) is 12.3 Å². The number of aliphatic carboxylic acids is 1. The molecule has 0 atom stereocenters. The van der Waals surface area contributed by atoms with Crippen LogP contribution in [0.2, 0.25) is 0 Å². The third-order valence-corrected chi connectivity index (χ3v) is 4.25. The molecular formula is C12H16N2O3S. The Morgan fingerprint density at radius 1 is 1.50 bits per heavy atom. The molecular weight excluding hydrogens is 252 g/mol. The summed E-state index contributed by atoms with van der Waals surface area (Å²) in [7, 11) is 0. The molecule has 0 spiro atoms. The molecule has 2 N–H and O–H groups in total. The van der Waals surface area contributed by atoms with E-state index < -0.39 is 11.4 Å². The van der Waals surface area contributed by atoms with Gasteiger partial charge in [0.1, 0.15) is 0 Å². The maximum Gasteiger partial charge on any atom is 0.310 e. The van der Waals surface area contributed by atoms with Gasteiger partial charge in [-0.1, -0.05) is 6.42 Å². The lowest BCUT2D eigenvalue weighted by molar-refractivity contribution is -0.157. The normalized spacial score (nSPS) is 16.9. The van der Waals surface area contributed by atoms with Gasteiger partial charge in [-0.3, -0.25) is 9.59 Å². The van der Waals surface area contributed by atoms with E-state index in [0.29, 0.717) is 25.8 Å². The first-order chi connectivity index (χ1) is 8.62. The third-order valence-electron chi connectivity index (χ3n) is 3.41. The van der Waals surface area contributed by atoms with Gasteiger partial charge in [0.25, 0.3) is 0 Å². The van der Waals surface area contributed by atoms with Gasteiger partial charge < -0.3 is 10.4 Å². The van der Waals surface area contributed by atoms with Gasteiger partial charge in [0.05, 0.1) is 10.4 Å². The van der Waals surface area contributed by atoms with Gasteiger partial charge in [0.15, 0.2) is 0 Å². The average molecular weight is 268 g/mol. The van der Waals surface area contributed by atoms with Crippen LogP contribution in [0, 0.1) is 5.41 Å². The van der Waals surface area contributed by atoms with Crippen LogP contribution >= 0.6 is 11.3 Å². The Morgan fingerprint density at radius 3 is 2.78 bits per heavy atom. The molecule has 1 aromatic rings. The highest BCUT2D eigenvalue weighted by Crippen LogP contribution is 2.44. The van der Waals surface area contributed by atoms with Crippen LogP contribution < -0.4 is 5.32 Å². The maximum absolute atomic E-state index is 11.7. The lowest BCUT2D eigenvalue weighted by atomic mass is 9.66. The molecule has 1 fully saturated rings. The van der Waals surface area contributed by atoms with E-state index in [1.165, 1.54) is 0 Å². The van der Waals surface area contributed by atoms with Gasteiger partial charge in [0.2, 0.25) is 5.91 Å². The number of hydrogen-bond acceptors (Lipinski definition) is 4. The van der Waals surface area contributed by atoms with Crippen molar-refractivity contribution in [1.29, 1.82) is 0 Å². The molecule has 5 nitrogen and oxygen atoms in total. The van der Waals surface area contributed by atoms with Gasteiger partial charge in [-0.25, -0.2) is 4.98 Å². The fraction of sp³-hybridized carbons (Fsp3) is 0.583. The molecule has 1 amide bonds. The quantitative estimate of drug-likeness (QED) is 0.818. The second-order valence-electron chi connectivity index (χ2n) is 4.64. The number of carboxylic acid groups (broad SMARTS) is 1. The Hall–Kier alpha value is -1.43. The molecule has 0 aliphatic heterocycles. The van der Waals surface area contributed by atoms with Crippen LogP contribution in [0.5, 0.6) is 0 Å². The monoisotopic (exact) mass is 268 g/mol. The number of carbonyl (C=O) groups is 2. The summed E-state index contributed by atoms with van der Waals surface area (Å²) in [5.41, 5.74) is -0.800. The van der Waals surface area contributed by atoms with Crippen LogP contribution in [0.3, 0.4) is 0 Å². The highest BCUT2D eigenvalue weighted by atomic mass is 32.1. The smallest absolute Gasteiger partial charge is 0.310 e. The topological polar surface area (TPSA) is 79.3 Å². The molecule has 0 unspecified atom stereocenters. The number of carboxylic acids is 1. The minimum absolute atomic E-state index is 0.0974. The van der Waals surface area contributed by atoms with Crippen LogP contribution in [0.1, 0.15) is 30.7 Å². The molecule has 1 aliphatic carbocycles. The van der Waals surface area contributed by atoms with Crippen molar-refractivity contribution in [3.05, 3.63) is 16.6 Å². The van der Waals surface area contributed by atoms with Crippen molar-refractivity contribution in [2.75, 3.05) is 6.54 Å².